The van der Waals surface area contributed by atoms with Crippen molar-refractivity contribution in [2.24, 2.45) is 0 Å². The molecule has 0 aliphatic carbocycles. The first-order chi connectivity index (χ1) is 14.5. The first kappa shape index (κ1) is 25.1. The van der Waals surface area contributed by atoms with Crippen LogP contribution in [-0.2, 0) is 0 Å². The molecule has 0 spiro atoms. The molecule has 0 aliphatic rings. The maximum absolute atomic E-state index is 13.3. The van der Waals surface area contributed by atoms with Crippen molar-refractivity contribution in [2.45, 2.75) is 18.7 Å². The Morgan fingerprint density at radius 2 is 1.81 bits per heavy atom. The van der Waals surface area contributed by atoms with E-state index in [1.165, 1.54) is 23.5 Å². The molecule has 10 heteroatoms. The number of hydrogen-bond acceptors (Lipinski definition) is 7. The SMILES string of the molecule is CCN(CC)CCN(C(=O)c1ccc(SC)cc1)c1nc2ccc([N+](=O)[O-])cc2s1.Cl. The van der Waals surface area contributed by atoms with Gasteiger partial charge in [0.15, 0.2) is 5.13 Å². The van der Waals surface area contributed by atoms with Crippen LogP contribution in [0.4, 0.5) is 10.8 Å². The van der Waals surface area contributed by atoms with Crippen LogP contribution < -0.4 is 4.90 Å². The van der Waals surface area contributed by atoms with Crippen LogP contribution in [0.15, 0.2) is 47.4 Å². The number of carbonyl (C=O) groups excluding carboxylic acids is 1. The lowest BCUT2D eigenvalue weighted by Crippen LogP contribution is -2.38. The lowest BCUT2D eigenvalue weighted by molar-refractivity contribution is -0.384. The van der Waals surface area contributed by atoms with E-state index >= 15 is 0 Å². The van der Waals surface area contributed by atoms with Crippen molar-refractivity contribution < 1.29 is 9.72 Å². The summed E-state index contributed by atoms with van der Waals surface area (Å²) in [7, 11) is 0. The average molecular weight is 481 g/mol. The molecule has 3 rings (SSSR count). The highest BCUT2D eigenvalue weighted by Gasteiger charge is 2.22. The van der Waals surface area contributed by atoms with E-state index in [1.54, 1.807) is 22.7 Å². The minimum absolute atomic E-state index is 0. The van der Waals surface area contributed by atoms with Crippen molar-refractivity contribution >= 4 is 62.4 Å². The average Bonchev–Trinajstić information content (AvgIpc) is 3.19. The van der Waals surface area contributed by atoms with Crippen LogP contribution in [0.2, 0.25) is 0 Å². The molecule has 0 atom stereocenters. The number of fused-ring (bicyclic) bond motifs is 1. The number of non-ortho nitro benzene ring substituents is 1. The molecule has 0 saturated heterocycles. The summed E-state index contributed by atoms with van der Waals surface area (Å²) in [6, 6.07) is 12.1. The number of nitro benzene ring substituents is 1. The van der Waals surface area contributed by atoms with E-state index in [9.17, 15) is 14.9 Å². The minimum atomic E-state index is -0.421. The molecule has 3 aromatic rings. The van der Waals surface area contributed by atoms with E-state index < -0.39 is 4.92 Å². The molecule has 1 heterocycles. The van der Waals surface area contributed by atoms with Crippen LogP contribution in [-0.4, -0.2) is 53.1 Å². The number of thioether (sulfide) groups is 1. The number of nitrogens with zero attached hydrogens (tertiary/aromatic N) is 4. The van der Waals surface area contributed by atoms with Gasteiger partial charge in [0.1, 0.15) is 0 Å². The summed E-state index contributed by atoms with van der Waals surface area (Å²) in [6.45, 7) is 7.19. The van der Waals surface area contributed by atoms with Crippen LogP contribution in [0.5, 0.6) is 0 Å². The number of anilines is 1. The zero-order chi connectivity index (χ0) is 21.7. The Balaban J connectivity index is 0.00000341. The van der Waals surface area contributed by atoms with E-state index in [0.717, 1.165) is 24.5 Å². The number of halogens is 1. The van der Waals surface area contributed by atoms with Crippen molar-refractivity contribution in [1.82, 2.24) is 9.88 Å². The van der Waals surface area contributed by atoms with Crippen LogP contribution >= 0.6 is 35.5 Å². The van der Waals surface area contributed by atoms with Gasteiger partial charge in [-0.1, -0.05) is 25.2 Å². The number of thiazole rings is 1. The molecule has 0 aliphatic heterocycles. The zero-order valence-corrected chi connectivity index (χ0v) is 20.1. The van der Waals surface area contributed by atoms with Crippen molar-refractivity contribution in [2.75, 3.05) is 37.3 Å². The number of carbonyl (C=O) groups is 1. The molecule has 166 valence electrons. The largest absolute Gasteiger partial charge is 0.302 e. The number of amides is 1. The Morgan fingerprint density at radius 1 is 1.13 bits per heavy atom. The third kappa shape index (κ3) is 5.94. The Bertz CT molecular complexity index is 1040. The Labute approximate surface area is 196 Å². The molecule has 0 radical (unpaired) electrons. The Hall–Kier alpha value is -2.20. The van der Waals surface area contributed by atoms with Gasteiger partial charge in [-0.05, 0) is 49.7 Å². The summed E-state index contributed by atoms with van der Waals surface area (Å²) in [5, 5.41) is 11.6. The lowest BCUT2D eigenvalue weighted by Gasteiger charge is -2.24. The predicted molar refractivity (Wildman–Crippen MR) is 131 cm³/mol. The van der Waals surface area contributed by atoms with E-state index in [4.69, 9.17) is 0 Å². The molecule has 0 fully saturated rings. The fourth-order valence-electron chi connectivity index (χ4n) is 3.08. The van der Waals surface area contributed by atoms with Crippen molar-refractivity contribution in [3.8, 4) is 0 Å². The molecule has 0 N–H and O–H groups in total. The molecule has 0 bridgehead atoms. The fourth-order valence-corrected chi connectivity index (χ4v) is 4.52. The molecule has 1 aromatic heterocycles. The summed E-state index contributed by atoms with van der Waals surface area (Å²) in [6.07, 6.45) is 1.99. The molecule has 2 aromatic carbocycles. The van der Waals surface area contributed by atoms with Crippen LogP contribution in [0.3, 0.4) is 0 Å². The summed E-state index contributed by atoms with van der Waals surface area (Å²) >= 11 is 2.93. The predicted octanol–water partition coefficient (Wildman–Crippen LogP) is 5.34. The van der Waals surface area contributed by atoms with Gasteiger partial charge in [-0.15, -0.1) is 24.2 Å². The van der Waals surface area contributed by atoms with Crippen molar-refractivity contribution in [3.63, 3.8) is 0 Å². The number of benzene rings is 2. The fraction of sp³-hybridized carbons (Fsp3) is 0.333. The highest BCUT2D eigenvalue weighted by molar-refractivity contribution is 7.98. The number of rotatable bonds is 9. The van der Waals surface area contributed by atoms with Gasteiger partial charge >= 0.3 is 0 Å². The van der Waals surface area contributed by atoms with E-state index in [0.29, 0.717) is 27.5 Å². The van der Waals surface area contributed by atoms with Crippen LogP contribution in [0, 0.1) is 10.1 Å². The lowest BCUT2D eigenvalue weighted by atomic mass is 10.2. The monoisotopic (exact) mass is 480 g/mol. The van der Waals surface area contributed by atoms with Gasteiger partial charge in [-0.2, -0.15) is 0 Å². The van der Waals surface area contributed by atoms with E-state index in [2.05, 4.69) is 23.7 Å². The molecular formula is C21H25ClN4O3S2. The molecule has 0 unspecified atom stereocenters. The topological polar surface area (TPSA) is 79.6 Å². The van der Waals surface area contributed by atoms with Gasteiger partial charge in [0.05, 0.1) is 15.1 Å². The second-order valence-electron chi connectivity index (χ2n) is 6.62. The normalized spacial score (nSPS) is 10.8. The quantitative estimate of drug-likeness (QED) is 0.234. The van der Waals surface area contributed by atoms with E-state index in [-0.39, 0.29) is 24.0 Å². The van der Waals surface area contributed by atoms with Gasteiger partial charge in [-0.3, -0.25) is 19.8 Å². The van der Waals surface area contributed by atoms with Gasteiger partial charge in [0.2, 0.25) is 0 Å². The maximum atomic E-state index is 13.3. The van der Waals surface area contributed by atoms with Crippen LogP contribution in [0.25, 0.3) is 10.2 Å². The van der Waals surface area contributed by atoms with Crippen molar-refractivity contribution in [3.05, 3.63) is 58.1 Å². The Morgan fingerprint density at radius 3 is 2.39 bits per heavy atom. The maximum Gasteiger partial charge on any atom is 0.270 e. The second-order valence-corrected chi connectivity index (χ2v) is 8.51. The summed E-state index contributed by atoms with van der Waals surface area (Å²) < 4.78 is 0.692. The first-order valence-electron chi connectivity index (χ1n) is 9.70. The molecule has 7 nitrogen and oxygen atoms in total. The summed E-state index contributed by atoms with van der Waals surface area (Å²) in [5.74, 6) is -0.122. The minimum Gasteiger partial charge on any atom is -0.302 e. The highest BCUT2D eigenvalue weighted by Crippen LogP contribution is 2.32. The zero-order valence-electron chi connectivity index (χ0n) is 17.6. The summed E-state index contributed by atoms with van der Waals surface area (Å²) in [5.41, 5.74) is 1.27. The Kier molecular flexibility index (Phi) is 9.24. The number of likely N-dealkylation sites (N-methyl/N-ethyl adjacent to an activating group) is 1. The van der Waals surface area contributed by atoms with Crippen molar-refractivity contribution in [1.29, 1.82) is 0 Å². The molecule has 0 saturated carbocycles. The smallest absolute Gasteiger partial charge is 0.270 e. The third-order valence-electron chi connectivity index (χ3n) is 4.92. The second kappa shape index (κ2) is 11.4. The van der Waals surface area contributed by atoms with Gasteiger partial charge in [0.25, 0.3) is 11.6 Å². The highest BCUT2D eigenvalue weighted by atomic mass is 35.5. The molecule has 31 heavy (non-hydrogen) atoms. The van der Waals surface area contributed by atoms with Gasteiger partial charge in [-0.25, -0.2) is 4.98 Å². The standard InChI is InChI=1S/C21H24N4O3S2.ClH/c1-4-23(5-2)12-13-24(20(26)15-6-9-17(29-3)10-7-15)21-22-18-11-8-16(25(27)28)14-19(18)30-21;/h6-11,14H,4-5,12-13H2,1-3H3;1H. The third-order valence-corrected chi connectivity index (χ3v) is 6.70. The van der Waals surface area contributed by atoms with Crippen LogP contribution in [0.1, 0.15) is 24.2 Å². The van der Waals surface area contributed by atoms with Gasteiger partial charge < -0.3 is 4.90 Å². The number of aromatic nitrogens is 1. The summed E-state index contributed by atoms with van der Waals surface area (Å²) in [4.78, 5) is 33.6. The molecular weight excluding hydrogens is 456 g/mol. The molecule has 1 amide bonds. The number of hydrogen-bond donors (Lipinski definition) is 0. The van der Waals surface area contributed by atoms with Gasteiger partial charge in [0, 0.05) is 35.7 Å². The van der Waals surface area contributed by atoms with E-state index in [1.807, 2.05) is 30.5 Å². The number of nitro groups is 1. The first-order valence-corrected chi connectivity index (χ1v) is 11.7.